The molecule has 0 bridgehead atoms. The number of furan rings is 1. The molecule has 0 aromatic carbocycles. The van der Waals surface area contributed by atoms with Gasteiger partial charge < -0.3 is 19.2 Å². The number of rotatable bonds is 7. The number of anilines is 1. The molecule has 8 heteroatoms. The molecule has 0 aliphatic carbocycles. The molecule has 7 nitrogen and oxygen atoms in total. The SMILES string of the molecule is C/C=C/C(=O)OCC(=O)Nc1scc(-c2ccco2)c1C(=O)OCC. The molecular weight excluding hydrogens is 346 g/mol. The van der Waals surface area contributed by atoms with Gasteiger partial charge in [-0.3, -0.25) is 4.79 Å². The van der Waals surface area contributed by atoms with E-state index in [4.69, 9.17) is 13.9 Å². The van der Waals surface area contributed by atoms with E-state index in [0.29, 0.717) is 16.3 Å². The van der Waals surface area contributed by atoms with Gasteiger partial charge in [-0.25, -0.2) is 9.59 Å². The highest BCUT2D eigenvalue weighted by atomic mass is 32.1. The predicted molar refractivity (Wildman–Crippen MR) is 92.4 cm³/mol. The van der Waals surface area contributed by atoms with Crippen LogP contribution in [0.3, 0.4) is 0 Å². The Balaban J connectivity index is 2.18. The molecular formula is C17H17NO6S. The largest absolute Gasteiger partial charge is 0.464 e. The van der Waals surface area contributed by atoms with Crippen molar-refractivity contribution >= 4 is 34.2 Å². The average Bonchev–Trinajstić information content (AvgIpc) is 3.22. The zero-order valence-electron chi connectivity index (χ0n) is 13.7. The zero-order valence-corrected chi connectivity index (χ0v) is 14.6. The molecule has 0 aliphatic heterocycles. The summed E-state index contributed by atoms with van der Waals surface area (Å²) in [5, 5.41) is 4.56. The highest BCUT2D eigenvalue weighted by molar-refractivity contribution is 7.15. The molecule has 0 atom stereocenters. The number of ether oxygens (including phenoxy) is 2. The lowest BCUT2D eigenvalue weighted by Crippen LogP contribution is -2.21. The van der Waals surface area contributed by atoms with Gasteiger partial charge in [0, 0.05) is 17.0 Å². The minimum atomic E-state index is -0.620. The molecule has 0 radical (unpaired) electrons. The molecule has 0 spiro atoms. The molecule has 2 aromatic heterocycles. The van der Waals surface area contributed by atoms with E-state index < -0.39 is 24.5 Å². The summed E-state index contributed by atoms with van der Waals surface area (Å²) < 4.78 is 15.2. The van der Waals surface area contributed by atoms with Crippen LogP contribution in [0.4, 0.5) is 5.00 Å². The lowest BCUT2D eigenvalue weighted by atomic mass is 10.1. The summed E-state index contributed by atoms with van der Waals surface area (Å²) in [4.78, 5) is 35.5. The predicted octanol–water partition coefficient (Wildman–Crippen LogP) is 3.24. The summed E-state index contributed by atoms with van der Waals surface area (Å²) in [5.74, 6) is -1.27. The molecule has 0 saturated carbocycles. The van der Waals surface area contributed by atoms with Gasteiger partial charge in [0.05, 0.1) is 12.9 Å². The molecule has 2 aromatic rings. The zero-order chi connectivity index (χ0) is 18.2. The van der Waals surface area contributed by atoms with E-state index in [0.717, 1.165) is 11.3 Å². The highest BCUT2D eigenvalue weighted by Gasteiger charge is 2.24. The van der Waals surface area contributed by atoms with Gasteiger partial charge in [0.25, 0.3) is 5.91 Å². The number of carbonyl (C=O) groups excluding carboxylic acids is 3. The first-order valence-corrected chi connectivity index (χ1v) is 8.36. The van der Waals surface area contributed by atoms with Gasteiger partial charge in [-0.15, -0.1) is 11.3 Å². The Morgan fingerprint density at radius 3 is 2.76 bits per heavy atom. The smallest absolute Gasteiger partial charge is 0.341 e. The van der Waals surface area contributed by atoms with Gasteiger partial charge in [-0.1, -0.05) is 6.08 Å². The number of carbonyl (C=O) groups is 3. The van der Waals surface area contributed by atoms with Gasteiger partial charge in [-0.05, 0) is 26.0 Å². The monoisotopic (exact) mass is 363 g/mol. The average molecular weight is 363 g/mol. The molecule has 0 saturated heterocycles. The van der Waals surface area contributed by atoms with Crippen molar-refractivity contribution in [3.63, 3.8) is 0 Å². The molecule has 132 valence electrons. The van der Waals surface area contributed by atoms with Crippen molar-refractivity contribution in [2.45, 2.75) is 13.8 Å². The number of allylic oxidation sites excluding steroid dienone is 1. The van der Waals surface area contributed by atoms with Crippen LogP contribution in [0.5, 0.6) is 0 Å². The quantitative estimate of drug-likeness (QED) is 0.599. The molecule has 1 amide bonds. The number of esters is 2. The molecule has 1 N–H and O–H groups in total. The summed E-state index contributed by atoms with van der Waals surface area (Å²) in [6.45, 7) is 3.09. The van der Waals surface area contributed by atoms with Gasteiger partial charge in [0.15, 0.2) is 6.61 Å². The number of amides is 1. The van der Waals surface area contributed by atoms with E-state index in [1.54, 1.807) is 31.4 Å². The summed E-state index contributed by atoms with van der Waals surface area (Å²) >= 11 is 1.15. The summed E-state index contributed by atoms with van der Waals surface area (Å²) in [6, 6.07) is 3.40. The van der Waals surface area contributed by atoms with Crippen molar-refractivity contribution in [3.05, 3.63) is 41.5 Å². The van der Waals surface area contributed by atoms with Crippen LogP contribution >= 0.6 is 11.3 Å². The third kappa shape index (κ3) is 4.80. The van der Waals surface area contributed by atoms with E-state index >= 15 is 0 Å². The van der Waals surface area contributed by atoms with E-state index in [9.17, 15) is 14.4 Å². The Kier molecular flexibility index (Phi) is 6.53. The van der Waals surface area contributed by atoms with E-state index in [1.807, 2.05) is 0 Å². The van der Waals surface area contributed by atoms with Gasteiger partial charge in [-0.2, -0.15) is 0 Å². The molecule has 2 rings (SSSR count). The van der Waals surface area contributed by atoms with Crippen molar-refractivity contribution in [1.82, 2.24) is 0 Å². The fraction of sp³-hybridized carbons (Fsp3) is 0.235. The topological polar surface area (TPSA) is 94.8 Å². The molecule has 0 unspecified atom stereocenters. The third-order valence-corrected chi connectivity index (χ3v) is 3.85. The number of thiophene rings is 1. The van der Waals surface area contributed by atoms with Crippen LogP contribution in [-0.2, 0) is 19.1 Å². The molecule has 0 aliphatic rings. The van der Waals surface area contributed by atoms with Crippen molar-refractivity contribution in [2.24, 2.45) is 0 Å². The normalized spacial score (nSPS) is 10.6. The Labute approximate surface area is 148 Å². The molecule has 25 heavy (non-hydrogen) atoms. The van der Waals surface area contributed by atoms with Gasteiger partial charge >= 0.3 is 11.9 Å². The van der Waals surface area contributed by atoms with Gasteiger partial charge in [0.2, 0.25) is 0 Å². The standard InChI is InChI=1S/C17H17NO6S/c1-3-6-14(20)24-9-13(19)18-16-15(17(21)22-4-2)11(10-25-16)12-7-5-8-23-12/h3,5-8,10H,4,9H2,1-2H3,(H,18,19)/b6-3+. The Morgan fingerprint density at radius 2 is 2.12 bits per heavy atom. The van der Waals surface area contributed by atoms with Crippen LogP contribution in [0.2, 0.25) is 0 Å². The minimum Gasteiger partial charge on any atom is -0.464 e. The maximum Gasteiger partial charge on any atom is 0.341 e. The fourth-order valence-electron chi connectivity index (χ4n) is 1.95. The van der Waals surface area contributed by atoms with Crippen LogP contribution in [0.15, 0.2) is 40.3 Å². The third-order valence-electron chi connectivity index (χ3n) is 2.96. The minimum absolute atomic E-state index is 0.195. The van der Waals surface area contributed by atoms with Crippen LogP contribution in [0.1, 0.15) is 24.2 Å². The van der Waals surface area contributed by atoms with E-state index in [1.165, 1.54) is 18.4 Å². The Bertz CT molecular complexity index is 775. The summed E-state index contributed by atoms with van der Waals surface area (Å²) in [5.41, 5.74) is 0.726. The summed E-state index contributed by atoms with van der Waals surface area (Å²) in [7, 11) is 0. The molecule has 2 heterocycles. The van der Waals surface area contributed by atoms with E-state index in [2.05, 4.69) is 5.32 Å². The van der Waals surface area contributed by atoms with Crippen molar-refractivity contribution in [1.29, 1.82) is 0 Å². The molecule has 0 fully saturated rings. The second-order valence-corrected chi connectivity index (χ2v) is 5.59. The fourth-order valence-corrected chi connectivity index (χ4v) is 2.91. The maximum atomic E-state index is 12.3. The second kappa shape index (κ2) is 8.84. The Morgan fingerprint density at radius 1 is 1.32 bits per heavy atom. The van der Waals surface area contributed by atoms with E-state index in [-0.39, 0.29) is 12.2 Å². The number of nitrogens with one attached hydrogen (secondary N) is 1. The lowest BCUT2D eigenvalue weighted by molar-refractivity contribution is -0.142. The van der Waals surface area contributed by atoms with Gasteiger partial charge in [0.1, 0.15) is 16.3 Å². The maximum absolute atomic E-state index is 12.3. The van der Waals surface area contributed by atoms with Crippen LogP contribution < -0.4 is 5.32 Å². The van der Waals surface area contributed by atoms with Crippen LogP contribution in [-0.4, -0.2) is 31.1 Å². The first-order chi connectivity index (χ1) is 12.1. The Hall–Kier alpha value is -2.87. The number of hydrogen-bond donors (Lipinski definition) is 1. The summed E-state index contributed by atoms with van der Waals surface area (Å²) in [6.07, 6.45) is 4.20. The van der Waals surface area contributed by atoms with Crippen LogP contribution in [0, 0.1) is 0 Å². The lowest BCUT2D eigenvalue weighted by Gasteiger charge is -2.08. The van der Waals surface area contributed by atoms with Crippen molar-refractivity contribution < 1.29 is 28.3 Å². The number of hydrogen-bond acceptors (Lipinski definition) is 7. The van der Waals surface area contributed by atoms with Crippen LogP contribution in [0.25, 0.3) is 11.3 Å². The first-order valence-electron chi connectivity index (χ1n) is 7.48. The first kappa shape index (κ1) is 18.5. The second-order valence-electron chi connectivity index (χ2n) is 4.71. The van der Waals surface area contributed by atoms with Crippen molar-refractivity contribution in [2.75, 3.05) is 18.5 Å². The van der Waals surface area contributed by atoms with Crippen molar-refractivity contribution in [3.8, 4) is 11.3 Å². The highest BCUT2D eigenvalue weighted by Crippen LogP contribution is 2.36.